The number of rotatable bonds is 10. The number of aliphatic hydroxyl groups excluding tert-OH is 1. The summed E-state index contributed by atoms with van der Waals surface area (Å²) < 4.78 is 37.1. The van der Waals surface area contributed by atoms with E-state index >= 15 is 0 Å². The molecule has 3 N–H and O–H groups in total. The summed E-state index contributed by atoms with van der Waals surface area (Å²) in [6, 6.07) is 0. The molecule has 130 valence electrons. The number of carboxylic acids is 1. The summed E-state index contributed by atoms with van der Waals surface area (Å²) in [6.07, 6.45) is -1.88. The van der Waals surface area contributed by atoms with Gasteiger partial charge in [0.25, 0.3) is 10.1 Å². The Kier molecular flexibility index (Phi) is 8.57. The molecule has 0 aromatic rings. The van der Waals surface area contributed by atoms with E-state index in [2.05, 4.69) is 0 Å². The minimum absolute atomic E-state index is 0.0174. The fraction of sp³-hybridized carbons (Fsp3) is 0.846. The highest BCUT2D eigenvalue weighted by atomic mass is 32.2. The SMILES string of the molecule is CCC(O)CC(CC(CC(C)C(=O)O)S(=O)(=O)O)OC(C)=O. The number of carbonyl (C=O) groups is 2. The topological polar surface area (TPSA) is 138 Å². The van der Waals surface area contributed by atoms with Crippen molar-refractivity contribution in [2.24, 2.45) is 5.92 Å². The quantitative estimate of drug-likeness (QED) is 0.393. The summed E-state index contributed by atoms with van der Waals surface area (Å²) in [7, 11) is -4.50. The van der Waals surface area contributed by atoms with Crippen molar-refractivity contribution in [3.05, 3.63) is 0 Å². The Labute approximate surface area is 130 Å². The summed E-state index contributed by atoms with van der Waals surface area (Å²) in [6.45, 7) is 4.18. The first-order chi connectivity index (χ1) is 9.97. The molecule has 0 rings (SSSR count). The molecular formula is C13H24O8S. The van der Waals surface area contributed by atoms with Gasteiger partial charge in [-0.1, -0.05) is 13.8 Å². The van der Waals surface area contributed by atoms with E-state index < -0.39 is 45.4 Å². The standard InChI is InChI=1S/C13H24O8S/c1-4-10(15)6-11(21-9(3)14)7-12(22(18,19)20)5-8(2)13(16)17/h8,10-12,15H,4-7H2,1-3H3,(H,16,17)(H,18,19,20). The molecule has 4 atom stereocenters. The predicted molar refractivity (Wildman–Crippen MR) is 77.8 cm³/mol. The first-order valence-corrected chi connectivity index (χ1v) is 8.52. The minimum Gasteiger partial charge on any atom is -0.481 e. The third-order valence-corrected chi connectivity index (χ3v) is 4.55. The van der Waals surface area contributed by atoms with Gasteiger partial charge in [0.2, 0.25) is 0 Å². The summed E-state index contributed by atoms with van der Waals surface area (Å²) >= 11 is 0. The number of aliphatic hydroxyl groups is 1. The number of carbonyl (C=O) groups excluding carboxylic acids is 1. The molecule has 0 radical (unpaired) electrons. The van der Waals surface area contributed by atoms with E-state index in [0.29, 0.717) is 6.42 Å². The van der Waals surface area contributed by atoms with Crippen molar-refractivity contribution < 1.29 is 37.5 Å². The van der Waals surface area contributed by atoms with Gasteiger partial charge in [-0.25, -0.2) is 0 Å². The van der Waals surface area contributed by atoms with Gasteiger partial charge >= 0.3 is 11.9 Å². The molecule has 8 nitrogen and oxygen atoms in total. The maximum atomic E-state index is 11.4. The van der Waals surface area contributed by atoms with Crippen LogP contribution >= 0.6 is 0 Å². The molecule has 22 heavy (non-hydrogen) atoms. The molecule has 0 aliphatic heterocycles. The second kappa shape index (κ2) is 9.06. The number of carboxylic acid groups (broad SMARTS) is 1. The van der Waals surface area contributed by atoms with Gasteiger partial charge in [-0.05, 0) is 12.8 Å². The van der Waals surface area contributed by atoms with E-state index in [9.17, 15) is 27.7 Å². The van der Waals surface area contributed by atoms with Crippen molar-refractivity contribution in [3.8, 4) is 0 Å². The van der Waals surface area contributed by atoms with Crippen LogP contribution in [0.2, 0.25) is 0 Å². The first-order valence-electron chi connectivity index (χ1n) is 7.01. The first kappa shape index (κ1) is 20.8. The van der Waals surface area contributed by atoms with Crippen molar-refractivity contribution in [3.63, 3.8) is 0 Å². The molecular weight excluding hydrogens is 316 g/mol. The van der Waals surface area contributed by atoms with E-state index in [1.54, 1.807) is 6.92 Å². The summed E-state index contributed by atoms with van der Waals surface area (Å²) in [5.41, 5.74) is 0. The third-order valence-electron chi connectivity index (χ3n) is 3.32. The molecule has 0 heterocycles. The minimum atomic E-state index is -4.50. The van der Waals surface area contributed by atoms with Crippen LogP contribution in [0.25, 0.3) is 0 Å². The van der Waals surface area contributed by atoms with Gasteiger partial charge in [0.1, 0.15) is 6.10 Å². The molecule has 0 bridgehead atoms. The molecule has 0 aromatic heterocycles. The highest BCUT2D eigenvalue weighted by molar-refractivity contribution is 7.86. The largest absolute Gasteiger partial charge is 0.481 e. The van der Waals surface area contributed by atoms with Crippen LogP contribution in [0.15, 0.2) is 0 Å². The number of hydrogen-bond acceptors (Lipinski definition) is 6. The van der Waals surface area contributed by atoms with Crippen LogP contribution in [0.5, 0.6) is 0 Å². The number of esters is 1. The predicted octanol–water partition coefficient (Wildman–Crippen LogP) is 0.836. The smallest absolute Gasteiger partial charge is 0.306 e. The monoisotopic (exact) mass is 340 g/mol. The molecule has 0 saturated heterocycles. The molecule has 0 aliphatic carbocycles. The van der Waals surface area contributed by atoms with Gasteiger partial charge in [0.05, 0.1) is 17.3 Å². The maximum absolute atomic E-state index is 11.4. The lowest BCUT2D eigenvalue weighted by atomic mass is 9.99. The van der Waals surface area contributed by atoms with Crippen LogP contribution < -0.4 is 0 Å². The Morgan fingerprint density at radius 3 is 2.09 bits per heavy atom. The van der Waals surface area contributed by atoms with Gasteiger partial charge < -0.3 is 14.9 Å². The highest BCUT2D eigenvalue weighted by Crippen LogP contribution is 2.22. The maximum Gasteiger partial charge on any atom is 0.306 e. The molecule has 0 aliphatic rings. The summed E-state index contributed by atoms with van der Waals surface area (Å²) in [4.78, 5) is 21.9. The Morgan fingerprint density at radius 1 is 1.18 bits per heavy atom. The van der Waals surface area contributed by atoms with Crippen LogP contribution in [0, 0.1) is 5.92 Å². The Balaban J connectivity index is 5.10. The second-order valence-corrected chi connectivity index (χ2v) is 7.07. The van der Waals surface area contributed by atoms with E-state index in [1.807, 2.05) is 0 Å². The molecule has 9 heteroatoms. The Hall–Kier alpha value is -1.19. The second-order valence-electron chi connectivity index (χ2n) is 5.38. The van der Waals surface area contributed by atoms with E-state index in [-0.39, 0.29) is 19.3 Å². The molecule has 0 fully saturated rings. The third kappa shape index (κ3) is 8.30. The van der Waals surface area contributed by atoms with Gasteiger partial charge in [-0.15, -0.1) is 0 Å². The van der Waals surface area contributed by atoms with E-state index in [4.69, 9.17) is 9.84 Å². The highest BCUT2D eigenvalue weighted by Gasteiger charge is 2.32. The van der Waals surface area contributed by atoms with E-state index in [0.717, 1.165) is 6.92 Å². The van der Waals surface area contributed by atoms with Gasteiger partial charge in [0, 0.05) is 19.8 Å². The Bertz CT molecular complexity index is 472. The molecule has 0 amide bonds. The van der Waals surface area contributed by atoms with Crippen LogP contribution in [-0.2, 0) is 24.4 Å². The number of aliphatic carboxylic acids is 1. The van der Waals surface area contributed by atoms with Gasteiger partial charge in [-0.2, -0.15) is 8.42 Å². The van der Waals surface area contributed by atoms with Crippen LogP contribution in [-0.4, -0.2) is 52.6 Å². The average Bonchev–Trinajstić information content (AvgIpc) is 2.35. The lowest BCUT2D eigenvalue weighted by molar-refractivity contribution is -0.148. The lowest BCUT2D eigenvalue weighted by Crippen LogP contribution is -2.33. The normalized spacial score (nSPS) is 17.3. The fourth-order valence-electron chi connectivity index (χ4n) is 2.03. The average molecular weight is 340 g/mol. The van der Waals surface area contributed by atoms with Crippen molar-refractivity contribution in [2.45, 2.75) is 63.9 Å². The van der Waals surface area contributed by atoms with E-state index in [1.165, 1.54) is 6.92 Å². The number of hydrogen-bond donors (Lipinski definition) is 3. The van der Waals surface area contributed by atoms with Crippen molar-refractivity contribution in [1.29, 1.82) is 0 Å². The molecule has 4 unspecified atom stereocenters. The molecule has 0 spiro atoms. The van der Waals surface area contributed by atoms with Crippen LogP contribution in [0.4, 0.5) is 0 Å². The van der Waals surface area contributed by atoms with Crippen molar-refractivity contribution in [2.75, 3.05) is 0 Å². The lowest BCUT2D eigenvalue weighted by Gasteiger charge is -2.24. The van der Waals surface area contributed by atoms with Crippen molar-refractivity contribution >= 4 is 22.1 Å². The van der Waals surface area contributed by atoms with Crippen LogP contribution in [0.3, 0.4) is 0 Å². The van der Waals surface area contributed by atoms with Crippen molar-refractivity contribution in [1.82, 2.24) is 0 Å². The fourth-order valence-corrected chi connectivity index (χ4v) is 3.01. The van der Waals surface area contributed by atoms with Gasteiger partial charge in [-0.3, -0.25) is 14.1 Å². The zero-order valence-corrected chi connectivity index (χ0v) is 13.7. The van der Waals surface area contributed by atoms with Crippen LogP contribution in [0.1, 0.15) is 46.5 Å². The summed E-state index contributed by atoms with van der Waals surface area (Å²) in [5, 5.41) is 17.1. The zero-order chi connectivity index (χ0) is 17.5. The summed E-state index contributed by atoms with van der Waals surface area (Å²) in [5.74, 6) is -2.82. The number of ether oxygens (including phenoxy) is 1. The zero-order valence-electron chi connectivity index (χ0n) is 12.9. The van der Waals surface area contributed by atoms with Gasteiger partial charge in [0.15, 0.2) is 0 Å². The molecule has 0 aromatic carbocycles. The Morgan fingerprint density at radius 2 is 1.73 bits per heavy atom. The molecule has 0 saturated carbocycles.